The van der Waals surface area contributed by atoms with Crippen LogP contribution in [-0.2, 0) is 20.8 Å². The Bertz CT molecular complexity index is 1300. The van der Waals surface area contributed by atoms with Gasteiger partial charge in [0.25, 0.3) is 5.91 Å². The lowest BCUT2D eigenvalue weighted by Gasteiger charge is -2.50. The SMILES string of the molecule is CN(C)CC(=O)Nc1ccc2c(c1O)C(=O)C1=C(O)[C@@]3(O)C(=O)C(C(N)=O)=C(O)[C@H](N(C)C)[C@H]3C[C@H]1C2. The maximum absolute atomic E-state index is 13.6. The van der Waals surface area contributed by atoms with Crippen LogP contribution in [0.5, 0.6) is 5.75 Å². The minimum Gasteiger partial charge on any atom is -0.510 e. The standard InChI is InChI=1S/C25H30N4O8/c1-28(2)9-14(30)27-13-6-5-10-7-11-8-12-18(29(3)4)21(33)17(24(26)36)23(35)25(12,37)22(34)16(11)20(32)15(10)19(13)31/h5-6,11-12,18,31,33-34,37H,7-9H2,1-4H3,(H2,26,36)(H,27,30)/t11-,12-,18-,25-/m1/s1. The smallest absolute Gasteiger partial charge is 0.255 e. The summed E-state index contributed by atoms with van der Waals surface area (Å²) < 4.78 is 0. The molecule has 0 aliphatic heterocycles. The summed E-state index contributed by atoms with van der Waals surface area (Å²) in [5, 5.41) is 47.1. The summed E-state index contributed by atoms with van der Waals surface area (Å²) in [5.74, 6) is -7.61. The van der Waals surface area contributed by atoms with E-state index < -0.39 is 69.7 Å². The number of likely N-dealkylation sites (N-methyl/N-ethyl adjacent to an activating group) is 2. The molecule has 3 aliphatic rings. The Hall–Kier alpha value is -3.74. The molecule has 0 fully saturated rings. The number of aliphatic hydroxyl groups is 3. The molecule has 12 nitrogen and oxygen atoms in total. The quantitative estimate of drug-likeness (QED) is 0.223. The number of aromatic hydroxyl groups is 1. The molecule has 0 spiro atoms. The van der Waals surface area contributed by atoms with E-state index in [0.29, 0.717) is 5.56 Å². The van der Waals surface area contributed by atoms with Gasteiger partial charge in [-0.2, -0.15) is 0 Å². The van der Waals surface area contributed by atoms with Crippen molar-refractivity contribution in [1.82, 2.24) is 9.80 Å². The lowest BCUT2D eigenvalue weighted by atomic mass is 9.58. The largest absolute Gasteiger partial charge is 0.510 e. The van der Waals surface area contributed by atoms with Crippen molar-refractivity contribution in [3.63, 3.8) is 0 Å². The average molecular weight is 515 g/mol. The van der Waals surface area contributed by atoms with Gasteiger partial charge in [0, 0.05) is 11.5 Å². The number of nitrogens with zero attached hydrogens (tertiary/aromatic N) is 2. The summed E-state index contributed by atoms with van der Waals surface area (Å²) in [5.41, 5.74) is 1.80. The molecule has 0 unspecified atom stereocenters. The Morgan fingerprint density at radius 3 is 2.35 bits per heavy atom. The van der Waals surface area contributed by atoms with E-state index >= 15 is 0 Å². The second-order valence-corrected chi connectivity index (χ2v) is 10.2. The zero-order chi connectivity index (χ0) is 27.6. The molecule has 4 rings (SSSR count). The number of benzene rings is 1. The summed E-state index contributed by atoms with van der Waals surface area (Å²) >= 11 is 0. The lowest BCUT2D eigenvalue weighted by molar-refractivity contribution is -0.148. The van der Waals surface area contributed by atoms with Crippen molar-refractivity contribution in [2.75, 3.05) is 40.1 Å². The van der Waals surface area contributed by atoms with E-state index in [0.717, 1.165) is 0 Å². The van der Waals surface area contributed by atoms with Gasteiger partial charge in [-0.05, 0) is 58.6 Å². The van der Waals surface area contributed by atoms with E-state index in [4.69, 9.17) is 5.73 Å². The number of carbonyl (C=O) groups excluding carboxylic acids is 4. The number of phenols is 1. The fraction of sp³-hybridized carbons (Fsp3) is 0.440. The van der Waals surface area contributed by atoms with Crippen LogP contribution < -0.4 is 11.1 Å². The molecule has 12 heteroatoms. The fourth-order valence-corrected chi connectivity index (χ4v) is 5.80. The van der Waals surface area contributed by atoms with E-state index in [1.165, 1.54) is 11.0 Å². The van der Waals surface area contributed by atoms with Crippen molar-refractivity contribution >= 4 is 29.1 Å². The monoisotopic (exact) mass is 514 g/mol. The van der Waals surface area contributed by atoms with Crippen LogP contribution in [0.2, 0.25) is 0 Å². The molecular weight excluding hydrogens is 484 g/mol. The van der Waals surface area contributed by atoms with Gasteiger partial charge in [0.2, 0.25) is 11.7 Å². The highest BCUT2D eigenvalue weighted by molar-refractivity contribution is 6.25. The van der Waals surface area contributed by atoms with Crippen molar-refractivity contribution in [2.24, 2.45) is 17.6 Å². The maximum Gasteiger partial charge on any atom is 0.255 e. The molecule has 37 heavy (non-hydrogen) atoms. The van der Waals surface area contributed by atoms with Gasteiger partial charge in [0.05, 0.1) is 23.8 Å². The Balaban J connectivity index is 1.84. The van der Waals surface area contributed by atoms with Crippen LogP contribution >= 0.6 is 0 Å². The van der Waals surface area contributed by atoms with E-state index in [1.807, 2.05) is 0 Å². The van der Waals surface area contributed by atoms with E-state index in [1.54, 1.807) is 39.2 Å². The third kappa shape index (κ3) is 3.88. The molecule has 0 heterocycles. The molecule has 4 atom stereocenters. The summed E-state index contributed by atoms with van der Waals surface area (Å²) in [6, 6.07) is 2.02. The molecule has 0 saturated heterocycles. The number of allylic oxidation sites excluding steroid dienone is 1. The summed E-state index contributed by atoms with van der Waals surface area (Å²) in [4.78, 5) is 54.3. The topological polar surface area (TPSA) is 194 Å². The molecule has 7 N–H and O–H groups in total. The predicted molar refractivity (Wildman–Crippen MR) is 131 cm³/mol. The molecule has 2 amide bonds. The Kier molecular flexibility index (Phi) is 6.39. The Labute approximate surface area is 212 Å². The number of fused-ring (bicyclic) bond motifs is 3. The number of amides is 2. The van der Waals surface area contributed by atoms with Crippen molar-refractivity contribution in [3.8, 4) is 5.75 Å². The van der Waals surface area contributed by atoms with Gasteiger partial charge in [-0.15, -0.1) is 0 Å². The zero-order valence-electron chi connectivity index (χ0n) is 20.9. The number of anilines is 1. The van der Waals surface area contributed by atoms with Gasteiger partial charge in [0.1, 0.15) is 17.1 Å². The van der Waals surface area contributed by atoms with Crippen molar-refractivity contribution in [3.05, 3.63) is 45.9 Å². The molecular formula is C25H30N4O8. The van der Waals surface area contributed by atoms with Gasteiger partial charge in [-0.25, -0.2) is 0 Å². The van der Waals surface area contributed by atoms with Gasteiger partial charge < -0.3 is 36.4 Å². The first-order chi connectivity index (χ1) is 17.2. The van der Waals surface area contributed by atoms with Crippen LogP contribution in [0.25, 0.3) is 0 Å². The minimum atomic E-state index is -2.70. The fourth-order valence-electron chi connectivity index (χ4n) is 5.80. The second kappa shape index (κ2) is 8.98. The highest BCUT2D eigenvalue weighted by Gasteiger charge is 2.63. The summed E-state index contributed by atoms with van der Waals surface area (Å²) in [6.07, 6.45) is 0.182. The molecule has 3 aliphatic carbocycles. The number of rotatable bonds is 5. The number of phenolic OH excluding ortho intramolecular Hbond substituents is 1. The van der Waals surface area contributed by atoms with Crippen molar-refractivity contribution in [1.29, 1.82) is 0 Å². The third-order valence-corrected chi connectivity index (χ3v) is 7.33. The molecule has 0 saturated carbocycles. The molecule has 1 aromatic rings. The average Bonchev–Trinajstić information content (AvgIpc) is 2.77. The zero-order valence-corrected chi connectivity index (χ0v) is 20.9. The van der Waals surface area contributed by atoms with Gasteiger partial charge in [-0.3, -0.25) is 24.1 Å². The summed E-state index contributed by atoms with van der Waals surface area (Å²) in [7, 11) is 6.52. The first-order valence-corrected chi connectivity index (χ1v) is 11.7. The van der Waals surface area contributed by atoms with E-state index in [9.17, 15) is 39.6 Å². The number of nitrogens with one attached hydrogen (secondary N) is 1. The number of Topliss-reactive ketones (excluding diaryl/α,β-unsaturated/α-hetero) is 2. The van der Waals surface area contributed by atoms with Gasteiger partial charge in [-0.1, -0.05) is 6.07 Å². The van der Waals surface area contributed by atoms with Gasteiger partial charge >= 0.3 is 0 Å². The van der Waals surface area contributed by atoms with Crippen LogP contribution in [0.15, 0.2) is 34.8 Å². The third-order valence-electron chi connectivity index (χ3n) is 7.33. The van der Waals surface area contributed by atoms with Gasteiger partial charge in [0.15, 0.2) is 17.1 Å². The number of primary amides is 1. The van der Waals surface area contributed by atoms with E-state index in [2.05, 4.69) is 5.32 Å². The summed E-state index contributed by atoms with van der Waals surface area (Å²) in [6.45, 7) is 0.0324. The van der Waals surface area contributed by atoms with Crippen LogP contribution in [0.3, 0.4) is 0 Å². The Morgan fingerprint density at radius 2 is 1.78 bits per heavy atom. The normalized spacial score (nSPS) is 27.3. The van der Waals surface area contributed by atoms with Crippen LogP contribution in [0, 0.1) is 11.8 Å². The number of nitrogens with two attached hydrogens (primary N) is 1. The first-order valence-electron chi connectivity index (χ1n) is 11.7. The maximum atomic E-state index is 13.6. The minimum absolute atomic E-state index is 0.00447. The molecule has 0 bridgehead atoms. The number of ketones is 2. The highest BCUT2D eigenvalue weighted by Crippen LogP contribution is 2.52. The molecule has 0 aromatic heterocycles. The number of carbonyl (C=O) groups is 4. The molecule has 1 aromatic carbocycles. The van der Waals surface area contributed by atoms with Crippen LogP contribution in [-0.4, -0.2) is 100.0 Å². The highest BCUT2D eigenvalue weighted by atomic mass is 16.3. The van der Waals surface area contributed by atoms with E-state index in [-0.39, 0.29) is 36.2 Å². The van der Waals surface area contributed by atoms with Crippen molar-refractivity contribution < 1.29 is 39.6 Å². The second-order valence-electron chi connectivity index (χ2n) is 10.2. The first kappa shape index (κ1) is 26.3. The molecule has 198 valence electrons. The number of aliphatic hydroxyl groups excluding tert-OH is 2. The van der Waals surface area contributed by atoms with Crippen LogP contribution in [0.4, 0.5) is 5.69 Å². The lowest BCUT2D eigenvalue weighted by Crippen LogP contribution is -2.63. The van der Waals surface area contributed by atoms with Crippen LogP contribution in [0.1, 0.15) is 22.3 Å². The van der Waals surface area contributed by atoms with Crippen molar-refractivity contribution in [2.45, 2.75) is 24.5 Å². The predicted octanol–water partition coefficient (Wildman–Crippen LogP) is -0.379. The Morgan fingerprint density at radius 1 is 1.14 bits per heavy atom. The number of hydrogen-bond donors (Lipinski definition) is 6. The molecule has 0 radical (unpaired) electrons. The number of hydrogen-bond acceptors (Lipinski definition) is 10.